The lowest BCUT2D eigenvalue weighted by molar-refractivity contribution is 0.423. The van der Waals surface area contributed by atoms with Crippen LogP contribution < -0.4 is 5.32 Å². The fourth-order valence-electron chi connectivity index (χ4n) is 3.83. The fourth-order valence-corrected chi connectivity index (χ4v) is 3.83. The van der Waals surface area contributed by atoms with Gasteiger partial charge in [0.1, 0.15) is 0 Å². The van der Waals surface area contributed by atoms with Crippen molar-refractivity contribution in [3.63, 3.8) is 0 Å². The summed E-state index contributed by atoms with van der Waals surface area (Å²) in [6.07, 6.45) is 0. The summed E-state index contributed by atoms with van der Waals surface area (Å²) in [5.41, 5.74) is 8.51. The molecule has 0 saturated heterocycles. The zero-order valence-corrected chi connectivity index (χ0v) is 15.2. The molecular weight excluding hydrogens is 302 g/mol. The van der Waals surface area contributed by atoms with Crippen molar-refractivity contribution in [1.29, 1.82) is 0 Å². The second-order valence-electron chi connectivity index (χ2n) is 7.91. The van der Waals surface area contributed by atoms with Crippen molar-refractivity contribution in [2.45, 2.75) is 38.8 Å². The lowest BCUT2D eigenvalue weighted by atomic mass is 9.86. The van der Waals surface area contributed by atoms with E-state index in [9.17, 15) is 0 Å². The summed E-state index contributed by atoms with van der Waals surface area (Å²) in [5.74, 6) is 0.324. The summed E-state index contributed by atoms with van der Waals surface area (Å²) in [6.45, 7) is 7.54. The molecule has 1 aliphatic rings. The van der Waals surface area contributed by atoms with Crippen LogP contribution in [-0.2, 0) is 6.54 Å². The van der Waals surface area contributed by atoms with Gasteiger partial charge in [-0.25, -0.2) is 0 Å². The topological polar surface area (TPSA) is 12.0 Å². The number of hydrogen-bond donors (Lipinski definition) is 1. The molecule has 126 valence electrons. The first-order chi connectivity index (χ1) is 12.0. The smallest absolute Gasteiger partial charge is 0.0355 e. The Morgan fingerprint density at radius 3 is 1.72 bits per heavy atom. The third-order valence-electron chi connectivity index (χ3n) is 5.01. The molecule has 1 aliphatic carbocycles. The molecule has 1 N–H and O–H groups in total. The van der Waals surface area contributed by atoms with Crippen molar-refractivity contribution >= 4 is 0 Å². The first kappa shape index (κ1) is 16.1. The number of rotatable bonds is 3. The third kappa shape index (κ3) is 3.01. The monoisotopic (exact) mass is 327 g/mol. The van der Waals surface area contributed by atoms with Gasteiger partial charge in [-0.05, 0) is 54.2 Å². The Balaban J connectivity index is 1.83. The second-order valence-corrected chi connectivity index (χ2v) is 7.91. The van der Waals surface area contributed by atoms with Gasteiger partial charge in [0.2, 0.25) is 0 Å². The highest BCUT2D eigenvalue weighted by atomic mass is 14.9. The number of benzene rings is 3. The normalized spacial score (nSPS) is 13.6. The van der Waals surface area contributed by atoms with Crippen LogP contribution in [0.1, 0.15) is 48.9 Å². The summed E-state index contributed by atoms with van der Waals surface area (Å²) >= 11 is 0. The van der Waals surface area contributed by atoms with Crippen LogP contribution in [0, 0.1) is 0 Å². The van der Waals surface area contributed by atoms with Gasteiger partial charge in [-0.2, -0.15) is 0 Å². The summed E-state index contributed by atoms with van der Waals surface area (Å²) in [6, 6.07) is 26.6. The van der Waals surface area contributed by atoms with Gasteiger partial charge in [0.05, 0.1) is 0 Å². The lowest BCUT2D eigenvalue weighted by Crippen LogP contribution is -2.35. The molecular formula is C24H25N. The van der Waals surface area contributed by atoms with Gasteiger partial charge in [0.15, 0.2) is 0 Å². The average Bonchev–Trinajstić information content (AvgIpc) is 2.94. The van der Waals surface area contributed by atoms with E-state index in [4.69, 9.17) is 0 Å². The van der Waals surface area contributed by atoms with Gasteiger partial charge in [0.25, 0.3) is 0 Å². The Kier molecular flexibility index (Phi) is 3.97. The molecule has 4 rings (SSSR count). The van der Waals surface area contributed by atoms with Crippen molar-refractivity contribution in [2.75, 3.05) is 0 Å². The van der Waals surface area contributed by atoms with E-state index >= 15 is 0 Å². The van der Waals surface area contributed by atoms with Gasteiger partial charge >= 0.3 is 0 Å². The molecule has 0 bridgehead atoms. The molecule has 3 aromatic rings. The van der Waals surface area contributed by atoms with Crippen LogP contribution in [0.15, 0.2) is 72.8 Å². The summed E-state index contributed by atoms with van der Waals surface area (Å²) < 4.78 is 0. The van der Waals surface area contributed by atoms with Crippen molar-refractivity contribution in [2.24, 2.45) is 0 Å². The van der Waals surface area contributed by atoms with E-state index in [1.165, 1.54) is 33.4 Å². The largest absolute Gasteiger partial charge is 0.308 e. The number of nitrogens with one attached hydrogen (secondary N) is 1. The molecule has 0 spiro atoms. The van der Waals surface area contributed by atoms with E-state index < -0.39 is 0 Å². The summed E-state index contributed by atoms with van der Waals surface area (Å²) in [4.78, 5) is 0. The van der Waals surface area contributed by atoms with Gasteiger partial charge in [-0.3, -0.25) is 0 Å². The van der Waals surface area contributed by atoms with Crippen LogP contribution >= 0.6 is 0 Å². The molecule has 25 heavy (non-hydrogen) atoms. The molecule has 0 amide bonds. The molecule has 0 atom stereocenters. The van der Waals surface area contributed by atoms with Gasteiger partial charge in [-0.1, -0.05) is 72.8 Å². The van der Waals surface area contributed by atoms with E-state index in [-0.39, 0.29) is 5.54 Å². The molecule has 0 aliphatic heterocycles. The molecule has 0 unspecified atom stereocenters. The lowest BCUT2D eigenvalue weighted by Gasteiger charge is -2.24. The van der Waals surface area contributed by atoms with Crippen molar-refractivity contribution in [3.05, 3.63) is 95.1 Å². The predicted molar refractivity (Wildman–Crippen MR) is 106 cm³/mol. The zero-order chi connectivity index (χ0) is 17.4. The highest BCUT2D eigenvalue weighted by Gasteiger charge is 2.30. The molecule has 1 heteroatoms. The maximum absolute atomic E-state index is 3.65. The molecule has 0 fully saturated rings. The van der Waals surface area contributed by atoms with Crippen LogP contribution in [0.25, 0.3) is 11.1 Å². The Bertz CT molecular complexity index is 856. The first-order valence-electron chi connectivity index (χ1n) is 9.06. The number of fused-ring (bicyclic) bond motifs is 3. The summed E-state index contributed by atoms with van der Waals surface area (Å²) in [5, 5.41) is 3.65. The Morgan fingerprint density at radius 1 is 0.680 bits per heavy atom. The fraction of sp³-hybridized carbons (Fsp3) is 0.250. The van der Waals surface area contributed by atoms with Gasteiger partial charge < -0.3 is 5.32 Å². The van der Waals surface area contributed by atoms with Crippen molar-refractivity contribution in [3.8, 4) is 11.1 Å². The molecule has 0 heterocycles. The molecule has 3 aromatic carbocycles. The van der Waals surface area contributed by atoms with E-state index in [0.29, 0.717) is 5.92 Å². The Labute approximate surface area is 150 Å². The molecule has 1 nitrogen and oxygen atoms in total. The maximum Gasteiger partial charge on any atom is 0.0355 e. The van der Waals surface area contributed by atoms with E-state index in [2.05, 4.69) is 98.9 Å². The maximum atomic E-state index is 3.65. The Morgan fingerprint density at radius 2 is 1.16 bits per heavy atom. The number of hydrogen-bond acceptors (Lipinski definition) is 1. The minimum absolute atomic E-state index is 0.110. The summed E-state index contributed by atoms with van der Waals surface area (Å²) in [7, 11) is 0. The van der Waals surface area contributed by atoms with Gasteiger partial charge in [-0.15, -0.1) is 0 Å². The second kappa shape index (κ2) is 6.16. The molecule has 0 radical (unpaired) electrons. The highest BCUT2D eigenvalue weighted by Crippen LogP contribution is 2.48. The van der Waals surface area contributed by atoms with Crippen LogP contribution in [0.3, 0.4) is 0 Å². The van der Waals surface area contributed by atoms with Crippen LogP contribution in [0.2, 0.25) is 0 Å². The van der Waals surface area contributed by atoms with Crippen LogP contribution in [0.5, 0.6) is 0 Å². The standard InChI is InChI=1S/C24H25N/c1-24(2,3)25-16-17-10-4-5-11-18(17)23-21-14-8-6-12-19(21)20-13-7-9-15-22(20)23/h4-15,23,25H,16H2,1-3H3. The quantitative estimate of drug-likeness (QED) is 0.506. The zero-order valence-electron chi connectivity index (χ0n) is 15.2. The average molecular weight is 327 g/mol. The van der Waals surface area contributed by atoms with Crippen LogP contribution in [0.4, 0.5) is 0 Å². The van der Waals surface area contributed by atoms with E-state index in [1.54, 1.807) is 0 Å². The highest BCUT2D eigenvalue weighted by molar-refractivity contribution is 5.80. The van der Waals surface area contributed by atoms with Crippen LogP contribution in [-0.4, -0.2) is 5.54 Å². The third-order valence-corrected chi connectivity index (χ3v) is 5.01. The SMILES string of the molecule is CC(C)(C)NCc1ccccc1C1c2ccccc2-c2ccccc21. The van der Waals surface area contributed by atoms with E-state index in [0.717, 1.165) is 6.54 Å². The van der Waals surface area contributed by atoms with E-state index in [1.807, 2.05) is 0 Å². The Hall–Kier alpha value is -2.38. The van der Waals surface area contributed by atoms with Crippen molar-refractivity contribution < 1.29 is 0 Å². The van der Waals surface area contributed by atoms with Gasteiger partial charge in [0, 0.05) is 18.0 Å². The minimum atomic E-state index is 0.110. The first-order valence-corrected chi connectivity index (χ1v) is 9.06. The van der Waals surface area contributed by atoms with Crippen molar-refractivity contribution in [1.82, 2.24) is 5.32 Å². The minimum Gasteiger partial charge on any atom is -0.308 e. The predicted octanol–water partition coefficient (Wildman–Crippen LogP) is 5.74. The molecule has 0 aromatic heterocycles. The molecule has 0 saturated carbocycles.